The van der Waals surface area contributed by atoms with Crippen molar-refractivity contribution < 1.29 is 4.39 Å². The van der Waals surface area contributed by atoms with Crippen LogP contribution in [-0.2, 0) is 0 Å². The van der Waals surface area contributed by atoms with Gasteiger partial charge in [-0.05, 0) is 67.2 Å². The number of allylic oxidation sites excluding steroid dienone is 2. The summed E-state index contributed by atoms with van der Waals surface area (Å²) in [7, 11) is 0. The van der Waals surface area contributed by atoms with Crippen LogP contribution in [0.1, 0.15) is 44.6 Å². The van der Waals surface area contributed by atoms with Gasteiger partial charge >= 0.3 is 0 Å². The van der Waals surface area contributed by atoms with Crippen molar-refractivity contribution in [2.45, 2.75) is 39.0 Å². The number of H-pyrrole nitrogens is 2. The SMILES string of the molecule is C=C(/C=c1/c(-c2nc3c(-c4cccc(F)c4)cccc3[nH]2)n[nH]/c1=C/C)c1cncc(NC(=C)C2CCCCC2)c1. The average Bonchev–Trinajstić information content (AvgIpc) is 3.61. The van der Waals surface area contributed by atoms with E-state index in [0.29, 0.717) is 17.4 Å². The van der Waals surface area contributed by atoms with E-state index in [1.807, 2.05) is 55.7 Å². The highest BCUT2D eigenvalue weighted by Gasteiger charge is 2.17. The molecule has 1 fully saturated rings. The van der Waals surface area contributed by atoms with Crippen LogP contribution in [0.15, 0.2) is 79.8 Å². The number of para-hydroxylation sites is 1. The molecular weight excluding hydrogens is 511 g/mol. The maximum absolute atomic E-state index is 14.0. The van der Waals surface area contributed by atoms with E-state index in [1.165, 1.54) is 44.2 Å². The number of halogens is 1. The number of hydrogen-bond donors (Lipinski definition) is 3. The highest BCUT2D eigenvalue weighted by atomic mass is 19.1. The van der Waals surface area contributed by atoms with E-state index in [4.69, 9.17) is 4.98 Å². The van der Waals surface area contributed by atoms with E-state index >= 15 is 0 Å². The van der Waals surface area contributed by atoms with Gasteiger partial charge in [-0.15, -0.1) is 0 Å². The Kier molecular flexibility index (Phi) is 7.33. The van der Waals surface area contributed by atoms with E-state index < -0.39 is 0 Å². The monoisotopic (exact) mass is 544 g/mol. The smallest absolute Gasteiger partial charge is 0.159 e. The molecule has 1 saturated carbocycles. The number of rotatable bonds is 7. The van der Waals surface area contributed by atoms with Gasteiger partial charge in [-0.1, -0.05) is 62.8 Å². The molecule has 1 aliphatic rings. The third-order valence-electron chi connectivity index (χ3n) is 7.83. The molecule has 0 spiro atoms. The number of nitrogens with one attached hydrogen (secondary N) is 3. The number of anilines is 1. The third-order valence-corrected chi connectivity index (χ3v) is 7.83. The maximum Gasteiger partial charge on any atom is 0.159 e. The first kappa shape index (κ1) is 26.4. The van der Waals surface area contributed by atoms with Crippen LogP contribution in [0.2, 0.25) is 0 Å². The lowest BCUT2D eigenvalue weighted by atomic mass is 9.87. The maximum atomic E-state index is 14.0. The Hall–Kier alpha value is -4.78. The van der Waals surface area contributed by atoms with Crippen molar-refractivity contribution in [1.29, 1.82) is 0 Å². The lowest BCUT2D eigenvalue weighted by Crippen LogP contribution is -2.23. The van der Waals surface area contributed by atoms with Crippen molar-refractivity contribution in [1.82, 2.24) is 25.1 Å². The summed E-state index contributed by atoms with van der Waals surface area (Å²) in [5.74, 6) is 0.835. The second-order valence-electron chi connectivity index (χ2n) is 10.6. The minimum absolute atomic E-state index is 0.284. The summed E-state index contributed by atoms with van der Waals surface area (Å²) in [6.45, 7) is 10.6. The summed E-state index contributed by atoms with van der Waals surface area (Å²) in [5, 5.41) is 12.9. The fraction of sp³-hybridized carbons (Fsp3) is 0.206. The van der Waals surface area contributed by atoms with Crippen LogP contribution < -0.4 is 15.9 Å². The highest BCUT2D eigenvalue weighted by Crippen LogP contribution is 2.31. The lowest BCUT2D eigenvalue weighted by Gasteiger charge is -2.24. The van der Waals surface area contributed by atoms with Gasteiger partial charge in [0.25, 0.3) is 0 Å². The fourth-order valence-electron chi connectivity index (χ4n) is 5.62. The first-order valence-electron chi connectivity index (χ1n) is 14.1. The quantitative estimate of drug-likeness (QED) is 0.207. The number of imidazole rings is 1. The van der Waals surface area contributed by atoms with E-state index in [2.05, 4.69) is 44.7 Å². The van der Waals surface area contributed by atoms with Crippen LogP contribution in [0, 0.1) is 11.7 Å². The Morgan fingerprint density at radius 3 is 2.68 bits per heavy atom. The van der Waals surface area contributed by atoms with Gasteiger partial charge in [0, 0.05) is 28.2 Å². The number of hydrogen-bond acceptors (Lipinski definition) is 4. The molecule has 0 unspecified atom stereocenters. The van der Waals surface area contributed by atoms with Gasteiger partial charge < -0.3 is 10.3 Å². The fourth-order valence-corrected chi connectivity index (χ4v) is 5.62. The number of nitrogens with zero attached hydrogens (tertiary/aromatic N) is 3. The molecule has 3 N–H and O–H groups in total. The van der Waals surface area contributed by atoms with E-state index in [9.17, 15) is 4.39 Å². The molecule has 3 heterocycles. The molecule has 0 aliphatic heterocycles. The summed E-state index contributed by atoms with van der Waals surface area (Å²) in [6, 6.07) is 14.5. The zero-order valence-corrected chi connectivity index (χ0v) is 23.2. The molecule has 0 amide bonds. The Labute approximate surface area is 238 Å². The molecule has 0 radical (unpaired) electrons. The summed E-state index contributed by atoms with van der Waals surface area (Å²) in [4.78, 5) is 12.8. The van der Waals surface area contributed by atoms with Gasteiger partial charge in [0.2, 0.25) is 0 Å². The minimum Gasteiger partial charge on any atom is -0.358 e. The van der Waals surface area contributed by atoms with Crippen molar-refractivity contribution in [3.63, 3.8) is 0 Å². The molecule has 0 saturated heterocycles. The summed E-state index contributed by atoms with van der Waals surface area (Å²) < 4.78 is 14.0. The van der Waals surface area contributed by atoms with E-state index in [1.54, 1.807) is 6.07 Å². The van der Waals surface area contributed by atoms with Gasteiger partial charge in [-0.25, -0.2) is 9.37 Å². The predicted octanol–water partition coefficient (Wildman–Crippen LogP) is 6.95. The molecule has 7 heteroatoms. The van der Waals surface area contributed by atoms with Crippen LogP contribution in [0.4, 0.5) is 10.1 Å². The molecule has 5 aromatic rings. The van der Waals surface area contributed by atoms with Gasteiger partial charge in [0.15, 0.2) is 5.82 Å². The first-order chi connectivity index (χ1) is 20.0. The molecule has 6 rings (SSSR count). The van der Waals surface area contributed by atoms with Crippen molar-refractivity contribution in [3.05, 3.63) is 102 Å². The predicted molar refractivity (Wildman–Crippen MR) is 166 cm³/mol. The number of aromatic nitrogens is 5. The molecule has 0 atom stereocenters. The van der Waals surface area contributed by atoms with Gasteiger partial charge in [0.05, 0.1) is 28.3 Å². The Bertz CT molecular complexity index is 1870. The Balaban J connectivity index is 1.34. The Morgan fingerprint density at radius 1 is 1.05 bits per heavy atom. The van der Waals surface area contributed by atoms with Crippen molar-refractivity contribution >= 4 is 34.4 Å². The van der Waals surface area contributed by atoms with Crippen LogP contribution in [0.3, 0.4) is 0 Å². The van der Waals surface area contributed by atoms with Crippen molar-refractivity contribution in [2.75, 3.05) is 5.32 Å². The van der Waals surface area contributed by atoms with Crippen LogP contribution in [0.5, 0.6) is 0 Å². The summed E-state index contributed by atoms with van der Waals surface area (Å²) in [5.41, 5.74) is 7.55. The number of fused-ring (bicyclic) bond motifs is 1. The largest absolute Gasteiger partial charge is 0.358 e. The average molecular weight is 545 g/mol. The van der Waals surface area contributed by atoms with Gasteiger partial charge in [0.1, 0.15) is 11.5 Å². The molecule has 1 aliphatic carbocycles. The second kappa shape index (κ2) is 11.4. The molecule has 2 aromatic carbocycles. The normalized spacial score (nSPS) is 15.0. The zero-order valence-electron chi connectivity index (χ0n) is 23.2. The summed E-state index contributed by atoms with van der Waals surface area (Å²) in [6.07, 6.45) is 13.8. The van der Waals surface area contributed by atoms with Crippen LogP contribution >= 0.6 is 0 Å². The molecule has 6 nitrogen and oxygen atoms in total. The topological polar surface area (TPSA) is 82.3 Å². The van der Waals surface area contributed by atoms with Crippen molar-refractivity contribution in [2.24, 2.45) is 5.92 Å². The molecule has 3 aromatic heterocycles. The molecule has 206 valence electrons. The number of aromatic amines is 2. The van der Waals surface area contributed by atoms with Crippen LogP contribution in [0.25, 0.3) is 51.4 Å². The summed E-state index contributed by atoms with van der Waals surface area (Å²) >= 11 is 0. The number of benzene rings is 2. The van der Waals surface area contributed by atoms with Gasteiger partial charge in [-0.2, -0.15) is 5.10 Å². The first-order valence-corrected chi connectivity index (χ1v) is 14.1. The van der Waals surface area contributed by atoms with E-state index in [0.717, 1.165) is 55.2 Å². The number of pyridine rings is 1. The minimum atomic E-state index is -0.284. The molecule has 41 heavy (non-hydrogen) atoms. The molecular formula is C34H33FN6. The standard InChI is InChI=1S/C34H33FN6/c1-4-30-29(16-21(2)25-18-27(20-36-19-25)37-22(3)23-10-6-5-7-11-23)33(41-40-30)34-38-31-15-9-14-28(32(31)39-34)24-12-8-13-26(35)17-24/h4,8-9,12-20,23,37,40H,2-3,5-7,10-11H2,1H3,(H,38,39)/b29-16+,30-4+. The highest BCUT2D eigenvalue weighted by molar-refractivity contribution is 5.94. The Morgan fingerprint density at radius 2 is 1.88 bits per heavy atom. The van der Waals surface area contributed by atoms with E-state index in [-0.39, 0.29) is 5.82 Å². The second-order valence-corrected chi connectivity index (χ2v) is 10.6. The zero-order chi connectivity index (χ0) is 28.3. The van der Waals surface area contributed by atoms with Gasteiger partial charge in [-0.3, -0.25) is 10.1 Å². The lowest BCUT2D eigenvalue weighted by molar-refractivity contribution is 0.405. The molecule has 0 bridgehead atoms. The van der Waals surface area contributed by atoms with Crippen LogP contribution in [-0.4, -0.2) is 25.1 Å². The van der Waals surface area contributed by atoms with Crippen molar-refractivity contribution in [3.8, 4) is 22.6 Å². The third kappa shape index (κ3) is 5.48.